The van der Waals surface area contributed by atoms with Crippen molar-refractivity contribution in [2.24, 2.45) is 0 Å². The maximum absolute atomic E-state index is 9.81. The Morgan fingerprint density at radius 1 is 1.19 bits per heavy atom. The van der Waals surface area contributed by atoms with Crippen LogP contribution in [0.5, 0.6) is 11.5 Å². The third-order valence-corrected chi connectivity index (χ3v) is 3.09. The highest BCUT2D eigenvalue weighted by Gasteiger charge is 2.20. The molecule has 0 amide bonds. The Morgan fingerprint density at radius 3 is 2.56 bits per heavy atom. The van der Waals surface area contributed by atoms with Crippen molar-refractivity contribution in [1.29, 1.82) is 0 Å². The molecule has 5 heteroatoms. The minimum absolute atomic E-state index is 0.322. The number of alkyl halides is 1. The predicted molar refractivity (Wildman–Crippen MR) is 62.2 cm³/mol. The van der Waals surface area contributed by atoms with Gasteiger partial charge in [0.05, 0.1) is 6.10 Å². The number of ether oxygens (including phenoxy) is 2. The summed E-state index contributed by atoms with van der Waals surface area (Å²) >= 11 is 3.12. The minimum Gasteiger partial charge on any atom is -0.486 e. The van der Waals surface area contributed by atoms with Gasteiger partial charge in [0, 0.05) is 5.33 Å². The number of hydrogen-bond donors (Lipinski definition) is 2. The molecule has 1 aliphatic rings. The van der Waals surface area contributed by atoms with Gasteiger partial charge in [-0.05, 0) is 17.7 Å². The molecule has 0 aliphatic carbocycles. The molecule has 0 saturated carbocycles. The van der Waals surface area contributed by atoms with Gasteiger partial charge >= 0.3 is 0 Å². The fraction of sp³-hybridized carbons (Fsp3) is 0.455. The Morgan fingerprint density at radius 2 is 1.88 bits per heavy atom. The van der Waals surface area contributed by atoms with Gasteiger partial charge in [-0.1, -0.05) is 22.0 Å². The molecule has 1 aromatic rings. The van der Waals surface area contributed by atoms with Crippen molar-refractivity contribution in [2.75, 3.05) is 18.5 Å². The zero-order valence-electron chi connectivity index (χ0n) is 8.60. The number of rotatable bonds is 3. The Balaban J connectivity index is 2.22. The van der Waals surface area contributed by atoms with Crippen LogP contribution in [0.15, 0.2) is 18.2 Å². The molecule has 2 rings (SSSR count). The highest BCUT2D eigenvalue weighted by molar-refractivity contribution is 9.09. The first kappa shape index (κ1) is 11.7. The van der Waals surface area contributed by atoms with Crippen LogP contribution < -0.4 is 9.47 Å². The van der Waals surface area contributed by atoms with E-state index in [-0.39, 0.29) is 0 Å². The molecule has 0 spiro atoms. The van der Waals surface area contributed by atoms with Gasteiger partial charge in [-0.2, -0.15) is 0 Å². The molecule has 2 unspecified atom stereocenters. The summed E-state index contributed by atoms with van der Waals surface area (Å²) in [4.78, 5) is 0. The van der Waals surface area contributed by atoms with E-state index in [1.165, 1.54) is 0 Å². The van der Waals surface area contributed by atoms with Crippen molar-refractivity contribution >= 4 is 15.9 Å². The average Bonchev–Trinajstić information content (AvgIpc) is 2.36. The molecule has 1 aliphatic heterocycles. The number of benzene rings is 1. The van der Waals surface area contributed by atoms with E-state index < -0.39 is 12.2 Å². The van der Waals surface area contributed by atoms with Gasteiger partial charge in [-0.3, -0.25) is 0 Å². The van der Waals surface area contributed by atoms with Crippen LogP contribution in [0, 0.1) is 0 Å². The lowest BCUT2D eigenvalue weighted by Crippen LogP contribution is -2.20. The van der Waals surface area contributed by atoms with Crippen molar-refractivity contribution < 1.29 is 19.7 Å². The van der Waals surface area contributed by atoms with Crippen LogP contribution in [-0.4, -0.2) is 34.9 Å². The van der Waals surface area contributed by atoms with Gasteiger partial charge in [-0.15, -0.1) is 0 Å². The van der Waals surface area contributed by atoms with E-state index in [4.69, 9.17) is 9.47 Å². The summed E-state index contributed by atoms with van der Waals surface area (Å²) in [6.45, 7) is 1.05. The molecule has 88 valence electrons. The zero-order chi connectivity index (χ0) is 11.5. The van der Waals surface area contributed by atoms with Gasteiger partial charge in [0.25, 0.3) is 0 Å². The SMILES string of the molecule is OC(CBr)C(O)c1ccc2c(c1)OCCO2. The molecule has 1 heterocycles. The summed E-state index contributed by atoms with van der Waals surface area (Å²) in [6.07, 6.45) is -1.75. The molecule has 4 nitrogen and oxygen atoms in total. The Bertz CT molecular complexity index is 369. The monoisotopic (exact) mass is 288 g/mol. The van der Waals surface area contributed by atoms with Crippen molar-refractivity contribution in [1.82, 2.24) is 0 Å². The number of hydrogen-bond acceptors (Lipinski definition) is 4. The van der Waals surface area contributed by atoms with Crippen LogP contribution in [0.1, 0.15) is 11.7 Å². The second-order valence-corrected chi connectivity index (χ2v) is 4.22. The molecule has 0 saturated heterocycles. The smallest absolute Gasteiger partial charge is 0.161 e. The highest BCUT2D eigenvalue weighted by atomic mass is 79.9. The molecule has 2 atom stereocenters. The minimum atomic E-state index is -0.921. The number of aliphatic hydroxyl groups excluding tert-OH is 2. The average molecular weight is 289 g/mol. The number of fused-ring (bicyclic) bond motifs is 1. The van der Waals surface area contributed by atoms with E-state index in [2.05, 4.69) is 15.9 Å². The summed E-state index contributed by atoms with van der Waals surface area (Å²) in [5.41, 5.74) is 0.621. The number of halogens is 1. The maximum atomic E-state index is 9.81. The quantitative estimate of drug-likeness (QED) is 0.822. The molecule has 1 aromatic carbocycles. The first-order chi connectivity index (χ1) is 7.72. The van der Waals surface area contributed by atoms with Gasteiger partial charge in [0.1, 0.15) is 19.3 Å². The topological polar surface area (TPSA) is 58.9 Å². The van der Waals surface area contributed by atoms with Crippen molar-refractivity contribution in [3.63, 3.8) is 0 Å². The van der Waals surface area contributed by atoms with Gasteiger partial charge in [0.15, 0.2) is 11.5 Å². The van der Waals surface area contributed by atoms with Crippen LogP contribution in [-0.2, 0) is 0 Å². The summed E-state index contributed by atoms with van der Waals surface area (Å²) in [7, 11) is 0. The van der Waals surface area contributed by atoms with Gasteiger partial charge in [-0.25, -0.2) is 0 Å². The molecular weight excluding hydrogens is 276 g/mol. The lowest BCUT2D eigenvalue weighted by atomic mass is 10.0. The van der Waals surface area contributed by atoms with Gasteiger partial charge < -0.3 is 19.7 Å². The molecular formula is C11H13BrO4. The number of aliphatic hydroxyl groups is 2. The van der Waals surface area contributed by atoms with E-state index in [1.54, 1.807) is 18.2 Å². The standard InChI is InChI=1S/C11H13BrO4/c12-6-8(13)11(14)7-1-2-9-10(5-7)16-4-3-15-9/h1-2,5,8,11,13-14H,3-4,6H2. The van der Waals surface area contributed by atoms with Crippen LogP contribution in [0.4, 0.5) is 0 Å². The van der Waals surface area contributed by atoms with Crippen molar-refractivity contribution in [3.8, 4) is 11.5 Å². The fourth-order valence-corrected chi connectivity index (χ4v) is 1.90. The third-order valence-electron chi connectivity index (χ3n) is 2.43. The molecule has 0 bridgehead atoms. The van der Waals surface area contributed by atoms with E-state index in [0.29, 0.717) is 35.6 Å². The zero-order valence-corrected chi connectivity index (χ0v) is 10.2. The van der Waals surface area contributed by atoms with E-state index in [0.717, 1.165) is 0 Å². The Kier molecular flexibility index (Phi) is 3.68. The first-order valence-corrected chi connectivity index (χ1v) is 6.16. The third kappa shape index (κ3) is 2.31. The fourth-order valence-electron chi connectivity index (χ4n) is 1.55. The van der Waals surface area contributed by atoms with E-state index in [9.17, 15) is 10.2 Å². The lowest BCUT2D eigenvalue weighted by molar-refractivity contribution is 0.0339. The molecule has 2 N–H and O–H groups in total. The molecule has 0 radical (unpaired) electrons. The Hall–Kier alpha value is -0.780. The predicted octanol–water partition coefficient (Wildman–Crippen LogP) is 1.25. The van der Waals surface area contributed by atoms with Crippen LogP contribution in [0.3, 0.4) is 0 Å². The van der Waals surface area contributed by atoms with Crippen LogP contribution in [0.2, 0.25) is 0 Å². The molecule has 0 fully saturated rings. The lowest BCUT2D eigenvalue weighted by Gasteiger charge is -2.21. The van der Waals surface area contributed by atoms with Gasteiger partial charge in [0.2, 0.25) is 0 Å². The van der Waals surface area contributed by atoms with E-state index >= 15 is 0 Å². The summed E-state index contributed by atoms with van der Waals surface area (Å²) in [5, 5.41) is 19.7. The summed E-state index contributed by atoms with van der Waals surface area (Å²) in [6, 6.07) is 5.17. The summed E-state index contributed by atoms with van der Waals surface area (Å²) < 4.78 is 10.8. The van der Waals surface area contributed by atoms with Crippen molar-refractivity contribution in [3.05, 3.63) is 23.8 Å². The summed E-state index contributed by atoms with van der Waals surface area (Å²) in [5.74, 6) is 1.29. The molecule has 16 heavy (non-hydrogen) atoms. The second kappa shape index (κ2) is 5.03. The first-order valence-electron chi connectivity index (χ1n) is 5.04. The highest BCUT2D eigenvalue weighted by Crippen LogP contribution is 2.33. The normalized spacial score (nSPS) is 17.9. The van der Waals surface area contributed by atoms with Crippen LogP contribution in [0.25, 0.3) is 0 Å². The maximum Gasteiger partial charge on any atom is 0.161 e. The largest absolute Gasteiger partial charge is 0.486 e. The molecule has 0 aromatic heterocycles. The van der Waals surface area contributed by atoms with E-state index in [1.807, 2.05) is 0 Å². The van der Waals surface area contributed by atoms with Crippen molar-refractivity contribution in [2.45, 2.75) is 12.2 Å². The van der Waals surface area contributed by atoms with Crippen LogP contribution >= 0.6 is 15.9 Å². The second-order valence-electron chi connectivity index (χ2n) is 3.57. The Labute approximate surface area is 102 Å².